The molecule has 3 rings (SSSR count). The predicted octanol–water partition coefficient (Wildman–Crippen LogP) is 2.15. The van der Waals surface area contributed by atoms with Gasteiger partial charge in [0.1, 0.15) is 22.1 Å². The van der Waals surface area contributed by atoms with Gasteiger partial charge in [-0.3, -0.25) is 14.9 Å². The van der Waals surface area contributed by atoms with Crippen LogP contribution in [0.15, 0.2) is 12.1 Å². The minimum Gasteiger partial charge on any atom is -0.495 e. The van der Waals surface area contributed by atoms with Crippen LogP contribution in [0.4, 0.5) is 14.9 Å². The van der Waals surface area contributed by atoms with E-state index in [0.717, 1.165) is 0 Å². The quantitative estimate of drug-likeness (QED) is 0.684. The van der Waals surface area contributed by atoms with Gasteiger partial charge >= 0.3 is 6.03 Å². The van der Waals surface area contributed by atoms with Crippen molar-refractivity contribution < 1.29 is 23.5 Å². The number of anilines is 1. The van der Waals surface area contributed by atoms with Gasteiger partial charge in [0.15, 0.2) is 0 Å². The molecule has 8 nitrogen and oxygen atoms in total. The molecule has 164 valence electrons. The Balaban J connectivity index is 1.66. The Morgan fingerprint density at radius 2 is 2.10 bits per heavy atom. The molecule has 2 aliphatic heterocycles. The number of piperazine rings is 1. The van der Waals surface area contributed by atoms with Gasteiger partial charge < -0.3 is 19.9 Å². The summed E-state index contributed by atoms with van der Waals surface area (Å²) in [7, 11) is 1.43. The molecule has 30 heavy (non-hydrogen) atoms. The van der Waals surface area contributed by atoms with Crippen LogP contribution in [0.3, 0.4) is 0 Å². The lowest BCUT2D eigenvalue weighted by atomic mass is 9.89. The second kappa shape index (κ2) is 8.29. The Labute approximate surface area is 179 Å². The summed E-state index contributed by atoms with van der Waals surface area (Å²) in [6, 6.07) is 2.44. The lowest BCUT2D eigenvalue weighted by molar-refractivity contribution is -0.137. The normalized spacial score (nSPS) is 25.1. The maximum atomic E-state index is 14.1. The van der Waals surface area contributed by atoms with Crippen molar-refractivity contribution in [3.63, 3.8) is 0 Å². The Hall–Kier alpha value is -2.55. The van der Waals surface area contributed by atoms with E-state index in [-0.39, 0.29) is 29.1 Å². The van der Waals surface area contributed by atoms with E-state index in [1.807, 2.05) is 11.8 Å². The molecule has 1 aromatic rings. The highest BCUT2D eigenvalue weighted by atomic mass is 35.5. The average Bonchev–Trinajstić information content (AvgIpc) is 2.94. The first kappa shape index (κ1) is 22.1. The van der Waals surface area contributed by atoms with Gasteiger partial charge in [0.05, 0.1) is 7.11 Å². The topological polar surface area (TPSA) is 91.0 Å². The third kappa shape index (κ3) is 4.16. The molecular weight excluding hydrogens is 415 g/mol. The number of urea groups is 1. The molecule has 2 fully saturated rings. The molecule has 2 heterocycles. The zero-order valence-corrected chi connectivity index (χ0v) is 18.2. The largest absolute Gasteiger partial charge is 0.495 e. The van der Waals surface area contributed by atoms with Gasteiger partial charge in [0.2, 0.25) is 5.91 Å². The van der Waals surface area contributed by atoms with E-state index in [9.17, 15) is 18.8 Å². The van der Waals surface area contributed by atoms with E-state index in [1.54, 1.807) is 24.8 Å². The zero-order valence-electron chi connectivity index (χ0n) is 17.4. The standard InChI is InChI=1S/C20H26ClFN4O4/c1-11(9-20(3)18(28)23-19(29)24-20)17(27)25-5-6-26(12(2)10-25)13-7-14(22)16(21)15(8-13)30-4/h7-8,11-12H,5-6,9-10H2,1-4H3,(H2,23,24,28,29)/t11-,12-,20+/m0/s1. The van der Waals surface area contributed by atoms with Crippen molar-refractivity contribution >= 4 is 35.1 Å². The maximum Gasteiger partial charge on any atom is 0.322 e. The number of carbonyl (C=O) groups excluding carboxylic acids is 3. The zero-order chi connectivity index (χ0) is 22.2. The summed E-state index contributed by atoms with van der Waals surface area (Å²) >= 11 is 5.91. The number of methoxy groups -OCH3 is 1. The molecular formula is C20H26ClFN4O4. The van der Waals surface area contributed by atoms with Crippen molar-refractivity contribution in [1.29, 1.82) is 0 Å². The molecule has 0 unspecified atom stereocenters. The van der Waals surface area contributed by atoms with Crippen LogP contribution < -0.4 is 20.3 Å². The van der Waals surface area contributed by atoms with Crippen LogP contribution in [0.1, 0.15) is 27.2 Å². The number of halogens is 2. The summed E-state index contributed by atoms with van der Waals surface area (Å²) in [5.74, 6) is -1.27. The number of nitrogens with zero attached hydrogens (tertiary/aromatic N) is 2. The lowest BCUT2D eigenvalue weighted by Gasteiger charge is -2.42. The molecule has 0 saturated carbocycles. The van der Waals surface area contributed by atoms with E-state index < -0.39 is 29.2 Å². The Morgan fingerprint density at radius 1 is 1.40 bits per heavy atom. The summed E-state index contributed by atoms with van der Waals surface area (Å²) in [4.78, 5) is 40.2. The minimum absolute atomic E-state index is 0.0620. The monoisotopic (exact) mass is 440 g/mol. The van der Waals surface area contributed by atoms with Gasteiger partial charge in [0.25, 0.3) is 5.91 Å². The molecule has 3 atom stereocenters. The fourth-order valence-corrected chi connectivity index (χ4v) is 4.33. The number of carbonyl (C=O) groups is 3. The molecule has 0 aromatic heterocycles. The van der Waals surface area contributed by atoms with Crippen LogP contribution in [0.5, 0.6) is 5.75 Å². The Kier molecular flexibility index (Phi) is 6.12. The number of nitrogens with one attached hydrogen (secondary N) is 2. The molecule has 0 radical (unpaired) electrons. The Morgan fingerprint density at radius 3 is 2.67 bits per heavy atom. The van der Waals surface area contributed by atoms with E-state index in [1.165, 1.54) is 13.2 Å². The smallest absolute Gasteiger partial charge is 0.322 e. The van der Waals surface area contributed by atoms with Crippen LogP contribution in [0.2, 0.25) is 5.02 Å². The van der Waals surface area contributed by atoms with Crippen molar-refractivity contribution in [3.05, 3.63) is 23.0 Å². The molecule has 2 saturated heterocycles. The first-order chi connectivity index (χ1) is 14.1. The molecule has 2 aliphatic rings. The van der Waals surface area contributed by atoms with Gasteiger partial charge in [0, 0.05) is 43.3 Å². The second-order valence-electron chi connectivity index (χ2n) is 8.12. The van der Waals surface area contributed by atoms with Crippen molar-refractivity contribution in [2.75, 3.05) is 31.6 Å². The first-order valence-corrected chi connectivity index (χ1v) is 10.2. The van der Waals surface area contributed by atoms with Crippen molar-refractivity contribution in [2.45, 2.75) is 38.8 Å². The summed E-state index contributed by atoms with van der Waals surface area (Å²) in [5.41, 5.74) is -0.462. The number of imide groups is 1. The highest BCUT2D eigenvalue weighted by Crippen LogP contribution is 2.34. The lowest BCUT2D eigenvalue weighted by Crippen LogP contribution is -2.55. The summed E-state index contributed by atoms with van der Waals surface area (Å²) < 4.78 is 19.3. The maximum absolute atomic E-state index is 14.1. The minimum atomic E-state index is -1.10. The van der Waals surface area contributed by atoms with E-state index in [4.69, 9.17) is 16.3 Å². The highest BCUT2D eigenvalue weighted by Gasteiger charge is 2.44. The third-order valence-corrected chi connectivity index (χ3v) is 6.09. The second-order valence-corrected chi connectivity index (χ2v) is 8.49. The van der Waals surface area contributed by atoms with Gasteiger partial charge in [-0.1, -0.05) is 18.5 Å². The highest BCUT2D eigenvalue weighted by molar-refractivity contribution is 6.32. The molecule has 0 spiro atoms. The number of ether oxygens (including phenoxy) is 1. The molecule has 10 heteroatoms. The summed E-state index contributed by atoms with van der Waals surface area (Å²) in [6.45, 7) is 6.73. The number of amides is 4. The van der Waals surface area contributed by atoms with Gasteiger partial charge in [-0.05, 0) is 26.3 Å². The fourth-order valence-electron chi connectivity index (χ4n) is 4.14. The van der Waals surface area contributed by atoms with Gasteiger partial charge in [-0.25, -0.2) is 9.18 Å². The van der Waals surface area contributed by atoms with Crippen molar-refractivity contribution in [3.8, 4) is 5.75 Å². The predicted molar refractivity (Wildman–Crippen MR) is 110 cm³/mol. The summed E-state index contributed by atoms with van der Waals surface area (Å²) in [6.07, 6.45) is 0.206. The van der Waals surface area contributed by atoms with E-state index in [2.05, 4.69) is 10.6 Å². The number of benzene rings is 1. The number of rotatable bonds is 5. The van der Waals surface area contributed by atoms with Crippen molar-refractivity contribution in [1.82, 2.24) is 15.5 Å². The van der Waals surface area contributed by atoms with Crippen molar-refractivity contribution in [2.24, 2.45) is 5.92 Å². The molecule has 0 bridgehead atoms. The van der Waals surface area contributed by atoms with E-state index >= 15 is 0 Å². The number of hydrogen-bond acceptors (Lipinski definition) is 5. The number of hydrogen-bond donors (Lipinski definition) is 2. The molecule has 4 amide bonds. The molecule has 2 N–H and O–H groups in total. The van der Waals surface area contributed by atoms with Crippen LogP contribution in [-0.4, -0.2) is 61.1 Å². The average molecular weight is 441 g/mol. The third-order valence-electron chi connectivity index (χ3n) is 5.72. The summed E-state index contributed by atoms with van der Waals surface area (Å²) in [5, 5.41) is 4.74. The van der Waals surface area contributed by atoms with E-state index in [0.29, 0.717) is 25.3 Å². The van der Waals surface area contributed by atoms with Crippen LogP contribution in [-0.2, 0) is 9.59 Å². The molecule has 0 aliphatic carbocycles. The van der Waals surface area contributed by atoms with Crippen LogP contribution in [0, 0.1) is 11.7 Å². The first-order valence-electron chi connectivity index (χ1n) is 9.77. The van der Waals surface area contributed by atoms with Crippen LogP contribution >= 0.6 is 11.6 Å². The molecule has 1 aromatic carbocycles. The Bertz CT molecular complexity index is 883. The fraction of sp³-hybridized carbons (Fsp3) is 0.550. The van der Waals surface area contributed by atoms with Gasteiger partial charge in [-0.2, -0.15) is 0 Å². The SMILES string of the molecule is COc1cc(N2CCN(C(=O)[C@@H](C)C[C@@]3(C)NC(=O)NC3=O)C[C@@H]2C)cc(F)c1Cl. The van der Waals surface area contributed by atoms with Gasteiger partial charge in [-0.15, -0.1) is 0 Å². The van der Waals surface area contributed by atoms with Crippen LogP contribution in [0.25, 0.3) is 0 Å².